The van der Waals surface area contributed by atoms with Gasteiger partial charge in [0.25, 0.3) is 5.91 Å². The van der Waals surface area contributed by atoms with Gasteiger partial charge in [0.05, 0.1) is 23.2 Å². The van der Waals surface area contributed by atoms with E-state index in [1.165, 1.54) is 4.68 Å². The highest BCUT2D eigenvalue weighted by molar-refractivity contribution is 5.91. The zero-order chi connectivity index (χ0) is 19.4. The fourth-order valence-corrected chi connectivity index (χ4v) is 3.93. The van der Waals surface area contributed by atoms with Crippen molar-refractivity contribution in [2.45, 2.75) is 26.3 Å². The number of aromatic amines is 1. The molecule has 1 amide bonds. The number of pyridine rings is 1. The zero-order valence-corrected chi connectivity index (χ0v) is 15.9. The maximum atomic E-state index is 13.4. The van der Waals surface area contributed by atoms with Gasteiger partial charge in [0.15, 0.2) is 0 Å². The lowest BCUT2D eigenvalue weighted by Gasteiger charge is -2.33. The molecule has 28 heavy (non-hydrogen) atoms. The molecular formula is C19H20N8O. The van der Waals surface area contributed by atoms with Crippen LogP contribution in [0.25, 0.3) is 5.52 Å². The molecule has 0 bridgehead atoms. The number of hydrogen-bond acceptors (Lipinski definition) is 5. The molecule has 0 radical (unpaired) electrons. The van der Waals surface area contributed by atoms with E-state index in [1.54, 1.807) is 25.2 Å². The minimum absolute atomic E-state index is 0.171. The van der Waals surface area contributed by atoms with Gasteiger partial charge < -0.3 is 9.88 Å². The van der Waals surface area contributed by atoms with Crippen molar-refractivity contribution < 1.29 is 4.79 Å². The van der Waals surface area contributed by atoms with E-state index in [2.05, 4.69) is 20.1 Å². The molecule has 4 aromatic rings. The highest BCUT2D eigenvalue weighted by Crippen LogP contribution is 2.34. The summed E-state index contributed by atoms with van der Waals surface area (Å²) in [4.78, 5) is 27.2. The molecule has 9 nitrogen and oxygen atoms in total. The Bertz CT molecular complexity index is 1200. The first-order valence-electron chi connectivity index (χ1n) is 9.18. The Balaban J connectivity index is 1.65. The van der Waals surface area contributed by atoms with Crippen molar-refractivity contribution in [3.05, 3.63) is 65.0 Å². The molecule has 5 rings (SSSR count). The summed E-state index contributed by atoms with van der Waals surface area (Å²) in [7, 11) is 1.74. The summed E-state index contributed by atoms with van der Waals surface area (Å²) >= 11 is 0. The number of nitrogens with zero attached hydrogens (tertiary/aromatic N) is 7. The molecule has 1 N–H and O–H groups in total. The van der Waals surface area contributed by atoms with Gasteiger partial charge in [-0.3, -0.25) is 4.79 Å². The topological polar surface area (TPSA) is 97.0 Å². The molecule has 0 saturated heterocycles. The van der Waals surface area contributed by atoms with Crippen LogP contribution in [-0.2, 0) is 13.5 Å². The van der Waals surface area contributed by atoms with Crippen molar-refractivity contribution >= 4 is 11.4 Å². The Hall–Kier alpha value is -3.49. The fourth-order valence-electron chi connectivity index (χ4n) is 3.93. The van der Waals surface area contributed by atoms with Crippen LogP contribution in [0.1, 0.15) is 45.1 Å². The molecule has 0 aliphatic carbocycles. The largest absolute Gasteiger partial charge is 0.348 e. The number of carbonyl (C=O) groups is 1. The summed E-state index contributed by atoms with van der Waals surface area (Å²) < 4.78 is 3.38. The van der Waals surface area contributed by atoms with Gasteiger partial charge in [-0.15, -0.1) is 0 Å². The van der Waals surface area contributed by atoms with Crippen LogP contribution >= 0.6 is 0 Å². The van der Waals surface area contributed by atoms with Gasteiger partial charge in [-0.25, -0.2) is 19.2 Å². The smallest absolute Gasteiger partial charge is 0.292 e. The summed E-state index contributed by atoms with van der Waals surface area (Å²) in [5, 5.41) is 8.98. The second-order valence-electron chi connectivity index (χ2n) is 7.11. The molecule has 0 aromatic carbocycles. The molecule has 0 saturated carbocycles. The number of imidazole rings is 1. The third-order valence-electron chi connectivity index (χ3n) is 5.26. The Morgan fingerprint density at radius 3 is 2.89 bits per heavy atom. The van der Waals surface area contributed by atoms with Gasteiger partial charge in [-0.2, -0.15) is 10.2 Å². The number of H-pyrrole nitrogens is 1. The van der Waals surface area contributed by atoms with E-state index in [1.807, 2.05) is 35.8 Å². The fraction of sp³-hybridized carbons (Fsp3) is 0.316. The van der Waals surface area contributed by atoms with Gasteiger partial charge >= 0.3 is 0 Å². The standard InChI is InChI=1S/C19H20N8O/c1-11-5-4-7-27-15(11)9-14(24-27)17-16-13(20-10-21-16)6-8-26(17)19(28)18-22-12(2)23-25(18)3/h4-5,7,9-10,17H,6,8H2,1-3H3,(H,20,21). The zero-order valence-electron chi connectivity index (χ0n) is 15.9. The lowest BCUT2D eigenvalue weighted by Crippen LogP contribution is -2.42. The highest BCUT2D eigenvalue weighted by Gasteiger charge is 2.37. The Morgan fingerprint density at radius 2 is 2.14 bits per heavy atom. The molecule has 0 fully saturated rings. The average Bonchev–Trinajstić information content (AvgIpc) is 3.38. The highest BCUT2D eigenvalue weighted by atomic mass is 16.2. The number of hydrogen-bond donors (Lipinski definition) is 1. The molecule has 1 aliphatic rings. The van der Waals surface area contributed by atoms with E-state index in [-0.39, 0.29) is 11.9 Å². The van der Waals surface area contributed by atoms with Crippen LogP contribution in [0.5, 0.6) is 0 Å². The predicted molar refractivity (Wildman–Crippen MR) is 101 cm³/mol. The quantitative estimate of drug-likeness (QED) is 0.573. The number of rotatable bonds is 2. The molecule has 4 aromatic heterocycles. The van der Waals surface area contributed by atoms with E-state index in [0.29, 0.717) is 24.6 Å². The van der Waals surface area contributed by atoms with Gasteiger partial charge in [0.1, 0.15) is 11.9 Å². The summed E-state index contributed by atoms with van der Waals surface area (Å²) in [6.07, 6.45) is 4.30. The molecule has 0 spiro atoms. The Morgan fingerprint density at radius 1 is 1.29 bits per heavy atom. The van der Waals surface area contributed by atoms with Crippen LogP contribution < -0.4 is 0 Å². The summed E-state index contributed by atoms with van der Waals surface area (Å²) in [6, 6.07) is 5.67. The number of carbonyl (C=O) groups excluding carboxylic acids is 1. The molecule has 142 valence electrons. The number of amides is 1. The van der Waals surface area contributed by atoms with E-state index < -0.39 is 0 Å². The Kier molecular flexibility index (Phi) is 3.58. The van der Waals surface area contributed by atoms with Gasteiger partial charge in [-0.05, 0) is 31.5 Å². The van der Waals surface area contributed by atoms with E-state index in [0.717, 1.165) is 28.2 Å². The van der Waals surface area contributed by atoms with Crippen molar-refractivity contribution in [3.63, 3.8) is 0 Å². The first-order chi connectivity index (χ1) is 13.5. The third-order valence-corrected chi connectivity index (χ3v) is 5.26. The molecular weight excluding hydrogens is 356 g/mol. The van der Waals surface area contributed by atoms with Crippen molar-refractivity contribution in [1.29, 1.82) is 0 Å². The summed E-state index contributed by atoms with van der Waals surface area (Å²) in [5.41, 5.74) is 4.80. The normalized spacial score (nSPS) is 16.5. The van der Waals surface area contributed by atoms with Crippen LogP contribution in [0.3, 0.4) is 0 Å². The van der Waals surface area contributed by atoms with Crippen molar-refractivity contribution in [2.24, 2.45) is 7.05 Å². The molecule has 1 atom stereocenters. The van der Waals surface area contributed by atoms with Gasteiger partial charge in [-0.1, -0.05) is 6.07 Å². The van der Waals surface area contributed by atoms with Crippen LogP contribution in [0.15, 0.2) is 30.7 Å². The van der Waals surface area contributed by atoms with Crippen molar-refractivity contribution in [1.82, 2.24) is 39.2 Å². The molecule has 5 heterocycles. The second-order valence-corrected chi connectivity index (χ2v) is 7.11. The van der Waals surface area contributed by atoms with Crippen LogP contribution in [0, 0.1) is 13.8 Å². The maximum absolute atomic E-state index is 13.4. The lowest BCUT2D eigenvalue weighted by molar-refractivity contribution is 0.0669. The number of fused-ring (bicyclic) bond motifs is 2. The summed E-state index contributed by atoms with van der Waals surface area (Å²) in [6.45, 7) is 4.38. The maximum Gasteiger partial charge on any atom is 0.292 e. The number of aryl methyl sites for hydroxylation is 3. The van der Waals surface area contributed by atoms with Crippen LogP contribution in [0.2, 0.25) is 0 Å². The predicted octanol–water partition coefficient (Wildman–Crippen LogP) is 1.59. The SMILES string of the molecule is Cc1nc(C(=O)N2CCc3[nH]cnc3C2c2cc3c(C)cccn3n2)n(C)n1. The van der Waals surface area contributed by atoms with Crippen LogP contribution in [0.4, 0.5) is 0 Å². The number of aromatic nitrogens is 7. The van der Waals surface area contributed by atoms with Crippen molar-refractivity contribution in [2.75, 3.05) is 6.54 Å². The van der Waals surface area contributed by atoms with Crippen molar-refractivity contribution in [3.8, 4) is 0 Å². The first kappa shape index (κ1) is 16.7. The monoisotopic (exact) mass is 376 g/mol. The van der Waals surface area contributed by atoms with Crippen LogP contribution in [-0.4, -0.2) is 51.7 Å². The third kappa shape index (κ3) is 2.43. The first-order valence-corrected chi connectivity index (χ1v) is 9.18. The minimum atomic E-state index is -0.376. The van der Waals surface area contributed by atoms with E-state index in [4.69, 9.17) is 5.10 Å². The van der Waals surface area contributed by atoms with E-state index >= 15 is 0 Å². The Labute approximate surface area is 161 Å². The van der Waals surface area contributed by atoms with Gasteiger partial charge in [0, 0.05) is 31.9 Å². The number of nitrogens with one attached hydrogen (secondary N) is 1. The van der Waals surface area contributed by atoms with E-state index in [9.17, 15) is 4.79 Å². The lowest BCUT2D eigenvalue weighted by atomic mass is 9.99. The van der Waals surface area contributed by atoms with Gasteiger partial charge in [0.2, 0.25) is 5.82 Å². The summed E-state index contributed by atoms with van der Waals surface area (Å²) in [5.74, 6) is 0.722. The second kappa shape index (κ2) is 6.01. The molecule has 1 aliphatic heterocycles. The molecule has 9 heteroatoms. The average molecular weight is 376 g/mol. The minimum Gasteiger partial charge on any atom is -0.348 e. The molecule has 1 unspecified atom stereocenters.